The molecule has 0 aromatic carbocycles. The Morgan fingerprint density at radius 3 is 2.89 bits per heavy atom. The molecule has 1 heterocycles. The number of alkyl carbamates (subject to hydrolysis) is 1. The standard InChI is InChI=1S/C12H23N3O3/c1-3-4-5-10(13)11(16)15-7-6-9(8-15)14-12(17)18-2/h9-10H,3-8,13H2,1-2H3,(H,14,17)/t9?,10-/m0/s1. The highest BCUT2D eigenvalue weighted by Gasteiger charge is 2.29. The van der Waals surface area contributed by atoms with Gasteiger partial charge in [0.15, 0.2) is 0 Å². The minimum absolute atomic E-state index is 0.0161. The van der Waals surface area contributed by atoms with Crippen LogP contribution in [0.2, 0.25) is 0 Å². The fraction of sp³-hybridized carbons (Fsp3) is 0.833. The van der Waals surface area contributed by atoms with E-state index >= 15 is 0 Å². The number of unbranched alkanes of at least 4 members (excludes halogenated alkanes) is 1. The Morgan fingerprint density at radius 1 is 1.56 bits per heavy atom. The van der Waals surface area contributed by atoms with Crippen LogP contribution in [0.3, 0.4) is 0 Å². The molecule has 1 fully saturated rings. The first-order chi connectivity index (χ1) is 8.58. The number of amides is 2. The zero-order valence-corrected chi connectivity index (χ0v) is 11.1. The molecule has 1 unspecified atom stereocenters. The Bertz CT molecular complexity index is 296. The van der Waals surface area contributed by atoms with E-state index in [4.69, 9.17) is 5.73 Å². The van der Waals surface area contributed by atoms with Crippen LogP contribution in [0.15, 0.2) is 0 Å². The first kappa shape index (κ1) is 14.8. The maximum atomic E-state index is 12.0. The van der Waals surface area contributed by atoms with Gasteiger partial charge in [-0.25, -0.2) is 4.79 Å². The highest BCUT2D eigenvalue weighted by atomic mass is 16.5. The van der Waals surface area contributed by atoms with Crippen molar-refractivity contribution in [1.29, 1.82) is 0 Å². The van der Waals surface area contributed by atoms with Crippen LogP contribution in [0.25, 0.3) is 0 Å². The molecular weight excluding hydrogens is 234 g/mol. The van der Waals surface area contributed by atoms with E-state index in [0.717, 1.165) is 25.7 Å². The van der Waals surface area contributed by atoms with Gasteiger partial charge in [0.1, 0.15) is 0 Å². The number of ether oxygens (including phenoxy) is 1. The summed E-state index contributed by atoms with van der Waals surface area (Å²) in [7, 11) is 1.33. The van der Waals surface area contributed by atoms with Crippen molar-refractivity contribution in [1.82, 2.24) is 10.2 Å². The van der Waals surface area contributed by atoms with E-state index in [1.807, 2.05) is 0 Å². The smallest absolute Gasteiger partial charge is 0.407 e. The van der Waals surface area contributed by atoms with Gasteiger partial charge in [-0.2, -0.15) is 0 Å². The molecule has 0 aromatic rings. The van der Waals surface area contributed by atoms with E-state index in [1.54, 1.807) is 4.90 Å². The molecule has 1 rings (SSSR count). The van der Waals surface area contributed by atoms with E-state index in [0.29, 0.717) is 13.1 Å². The Labute approximate surface area is 108 Å². The number of methoxy groups -OCH3 is 1. The number of carbonyl (C=O) groups is 2. The number of rotatable bonds is 5. The lowest BCUT2D eigenvalue weighted by Gasteiger charge is -2.20. The van der Waals surface area contributed by atoms with Gasteiger partial charge in [0.25, 0.3) is 0 Å². The molecule has 1 aliphatic heterocycles. The molecule has 2 atom stereocenters. The monoisotopic (exact) mass is 257 g/mol. The Kier molecular flexibility index (Phi) is 5.91. The van der Waals surface area contributed by atoms with Crippen molar-refractivity contribution < 1.29 is 14.3 Å². The number of hydrogen-bond donors (Lipinski definition) is 2. The third kappa shape index (κ3) is 4.18. The number of nitrogens with zero attached hydrogens (tertiary/aromatic N) is 1. The molecule has 2 amide bonds. The summed E-state index contributed by atoms with van der Waals surface area (Å²) in [6.45, 7) is 3.24. The van der Waals surface area contributed by atoms with Crippen molar-refractivity contribution in [2.75, 3.05) is 20.2 Å². The van der Waals surface area contributed by atoms with Gasteiger partial charge >= 0.3 is 6.09 Å². The van der Waals surface area contributed by atoms with Crippen molar-refractivity contribution in [3.05, 3.63) is 0 Å². The van der Waals surface area contributed by atoms with E-state index < -0.39 is 12.1 Å². The minimum Gasteiger partial charge on any atom is -0.453 e. The SMILES string of the molecule is CCCC[C@H](N)C(=O)N1CCC(NC(=O)OC)C1. The lowest BCUT2D eigenvalue weighted by Crippen LogP contribution is -2.44. The molecule has 3 N–H and O–H groups in total. The van der Waals surface area contributed by atoms with Gasteiger partial charge in [0.05, 0.1) is 19.2 Å². The molecule has 18 heavy (non-hydrogen) atoms. The molecule has 6 heteroatoms. The Morgan fingerprint density at radius 2 is 2.28 bits per heavy atom. The van der Waals surface area contributed by atoms with Gasteiger partial charge in [-0.05, 0) is 12.8 Å². The Balaban J connectivity index is 2.36. The fourth-order valence-electron chi connectivity index (χ4n) is 2.09. The quantitative estimate of drug-likeness (QED) is 0.749. The molecule has 0 radical (unpaired) electrons. The van der Waals surface area contributed by atoms with Crippen LogP contribution in [0.4, 0.5) is 4.79 Å². The molecule has 0 spiro atoms. The van der Waals surface area contributed by atoms with Gasteiger partial charge in [-0.15, -0.1) is 0 Å². The van der Waals surface area contributed by atoms with Gasteiger partial charge in [0.2, 0.25) is 5.91 Å². The van der Waals surface area contributed by atoms with Crippen LogP contribution in [-0.2, 0) is 9.53 Å². The topological polar surface area (TPSA) is 84.7 Å². The molecule has 1 aliphatic rings. The second-order valence-corrected chi connectivity index (χ2v) is 4.65. The molecular formula is C12H23N3O3. The van der Waals surface area contributed by atoms with Gasteiger partial charge < -0.3 is 20.7 Å². The molecule has 0 aliphatic carbocycles. The number of likely N-dealkylation sites (tertiary alicyclic amines) is 1. The van der Waals surface area contributed by atoms with Crippen molar-refractivity contribution >= 4 is 12.0 Å². The van der Waals surface area contributed by atoms with E-state index in [1.165, 1.54) is 7.11 Å². The first-order valence-corrected chi connectivity index (χ1v) is 6.47. The summed E-state index contributed by atoms with van der Waals surface area (Å²) in [4.78, 5) is 24.8. The number of carbonyl (C=O) groups excluding carboxylic acids is 2. The lowest BCUT2D eigenvalue weighted by atomic mass is 10.1. The van der Waals surface area contributed by atoms with Crippen molar-refractivity contribution in [3.8, 4) is 0 Å². The third-order valence-corrected chi connectivity index (χ3v) is 3.19. The van der Waals surface area contributed by atoms with Crippen LogP contribution in [-0.4, -0.2) is 49.2 Å². The summed E-state index contributed by atoms with van der Waals surface area (Å²) in [5, 5.41) is 2.70. The zero-order chi connectivity index (χ0) is 13.5. The molecule has 0 bridgehead atoms. The van der Waals surface area contributed by atoms with Crippen LogP contribution in [0.1, 0.15) is 32.6 Å². The van der Waals surface area contributed by atoms with E-state index in [-0.39, 0.29) is 11.9 Å². The number of nitrogens with two attached hydrogens (primary N) is 1. The summed E-state index contributed by atoms with van der Waals surface area (Å²) >= 11 is 0. The second-order valence-electron chi connectivity index (χ2n) is 4.65. The largest absolute Gasteiger partial charge is 0.453 e. The molecule has 6 nitrogen and oxygen atoms in total. The van der Waals surface area contributed by atoms with Crippen molar-refractivity contribution in [3.63, 3.8) is 0 Å². The third-order valence-electron chi connectivity index (χ3n) is 3.19. The minimum atomic E-state index is -0.454. The highest BCUT2D eigenvalue weighted by molar-refractivity contribution is 5.82. The highest BCUT2D eigenvalue weighted by Crippen LogP contribution is 2.12. The summed E-state index contributed by atoms with van der Waals surface area (Å²) in [6.07, 6.45) is 3.02. The van der Waals surface area contributed by atoms with Crippen molar-refractivity contribution in [2.24, 2.45) is 5.73 Å². The zero-order valence-electron chi connectivity index (χ0n) is 11.1. The van der Waals surface area contributed by atoms with Gasteiger partial charge in [-0.1, -0.05) is 19.8 Å². The maximum absolute atomic E-state index is 12.0. The normalized spacial score (nSPS) is 20.6. The van der Waals surface area contributed by atoms with Crippen LogP contribution in [0, 0.1) is 0 Å². The summed E-state index contributed by atoms with van der Waals surface area (Å²) < 4.78 is 4.53. The number of nitrogens with one attached hydrogen (secondary N) is 1. The fourth-order valence-corrected chi connectivity index (χ4v) is 2.09. The van der Waals surface area contributed by atoms with Gasteiger partial charge in [-0.3, -0.25) is 4.79 Å². The summed E-state index contributed by atoms with van der Waals surface area (Å²) in [6, 6.07) is -0.443. The van der Waals surface area contributed by atoms with Gasteiger partial charge in [0, 0.05) is 13.1 Å². The van der Waals surface area contributed by atoms with Crippen LogP contribution < -0.4 is 11.1 Å². The number of hydrogen-bond acceptors (Lipinski definition) is 4. The Hall–Kier alpha value is -1.30. The van der Waals surface area contributed by atoms with Crippen molar-refractivity contribution in [2.45, 2.75) is 44.7 Å². The van der Waals surface area contributed by atoms with E-state index in [2.05, 4.69) is 17.0 Å². The average Bonchev–Trinajstić information content (AvgIpc) is 2.83. The first-order valence-electron chi connectivity index (χ1n) is 6.47. The maximum Gasteiger partial charge on any atom is 0.407 e. The van der Waals surface area contributed by atoms with E-state index in [9.17, 15) is 9.59 Å². The predicted molar refractivity (Wildman–Crippen MR) is 68.0 cm³/mol. The molecule has 0 saturated carbocycles. The average molecular weight is 257 g/mol. The summed E-state index contributed by atoms with van der Waals surface area (Å²) in [5.41, 5.74) is 5.85. The molecule has 1 saturated heterocycles. The molecule has 104 valence electrons. The predicted octanol–water partition coefficient (Wildman–Crippen LogP) is 0.461. The lowest BCUT2D eigenvalue weighted by molar-refractivity contribution is -0.131. The summed E-state index contributed by atoms with van der Waals surface area (Å²) in [5.74, 6) is -0.0161. The van der Waals surface area contributed by atoms with Crippen LogP contribution in [0.5, 0.6) is 0 Å². The molecule has 0 aromatic heterocycles. The second kappa shape index (κ2) is 7.20. The van der Waals surface area contributed by atoms with Crippen LogP contribution >= 0.6 is 0 Å².